The van der Waals surface area contributed by atoms with E-state index >= 15 is 0 Å². The molecule has 0 amide bonds. The maximum Gasteiger partial charge on any atom is 0.281 e. The van der Waals surface area contributed by atoms with Crippen molar-refractivity contribution in [2.24, 2.45) is 0 Å². The van der Waals surface area contributed by atoms with Crippen LogP contribution in [0.4, 0.5) is 0 Å². The van der Waals surface area contributed by atoms with Gasteiger partial charge in [-0.05, 0) is 11.1 Å². The van der Waals surface area contributed by atoms with Gasteiger partial charge < -0.3 is 4.74 Å². The van der Waals surface area contributed by atoms with Gasteiger partial charge in [0.05, 0.1) is 0 Å². The molecule has 23 heavy (non-hydrogen) atoms. The fourth-order valence-corrected chi connectivity index (χ4v) is 2.65. The predicted molar refractivity (Wildman–Crippen MR) is 87.1 cm³/mol. The largest absolute Gasteiger partial charge is 0.467 e. The van der Waals surface area contributed by atoms with E-state index in [9.17, 15) is 4.79 Å². The Kier molecular flexibility index (Phi) is 6.39. The number of hydrogen-bond donors (Lipinski definition) is 0. The zero-order valence-corrected chi connectivity index (χ0v) is 13.8. The molecule has 120 valence electrons. The zero-order valence-electron chi connectivity index (χ0n) is 12.7. The normalized spacial score (nSPS) is 12.5. The zero-order chi connectivity index (χ0) is 15.2. The summed E-state index contributed by atoms with van der Waals surface area (Å²) in [6.45, 7) is 0. The number of benzene rings is 1. The van der Waals surface area contributed by atoms with Crippen molar-refractivity contribution < 1.29 is 26.6 Å². The maximum atomic E-state index is 11.8. The molecular formula is C20H18FeO2-2. The van der Waals surface area contributed by atoms with E-state index in [0.717, 1.165) is 12.8 Å². The number of hydrogen-bond acceptors (Lipinski definition) is 2. The minimum Gasteiger partial charge on any atom is -0.467 e. The van der Waals surface area contributed by atoms with Gasteiger partial charge >= 0.3 is 0 Å². The van der Waals surface area contributed by atoms with Crippen LogP contribution in [0.25, 0.3) is 0 Å². The molecular weight excluding hydrogens is 328 g/mol. The van der Waals surface area contributed by atoms with Crippen LogP contribution in [-0.4, -0.2) is 12.1 Å². The molecule has 3 aromatic carbocycles. The topological polar surface area (TPSA) is 26.3 Å². The summed E-state index contributed by atoms with van der Waals surface area (Å²) in [5.41, 5.74) is 3.24. The Morgan fingerprint density at radius 3 is 2.00 bits per heavy atom. The number of fused-ring (bicyclic) bond motifs is 1. The Bertz CT molecular complexity index is 657. The van der Waals surface area contributed by atoms with E-state index in [0.29, 0.717) is 5.56 Å². The summed E-state index contributed by atoms with van der Waals surface area (Å²) in [4.78, 5) is 11.8. The van der Waals surface area contributed by atoms with Crippen LogP contribution in [0.1, 0.15) is 21.5 Å². The van der Waals surface area contributed by atoms with Crippen LogP contribution < -0.4 is 0 Å². The first kappa shape index (κ1) is 17.3. The molecule has 0 unspecified atom stereocenters. The van der Waals surface area contributed by atoms with Gasteiger partial charge in [0.15, 0.2) is 0 Å². The minimum absolute atomic E-state index is 0. The molecule has 0 fully saturated rings. The van der Waals surface area contributed by atoms with Gasteiger partial charge in [-0.2, -0.15) is 30.3 Å². The van der Waals surface area contributed by atoms with E-state index in [-0.39, 0.29) is 29.1 Å². The molecule has 0 bridgehead atoms. The van der Waals surface area contributed by atoms with Gasteiger partial charge in [-0.15, -0.1) is 0 Å². The summed E-state index contributed by atoms with van der Waals surface area (Å²) >= 11 is 0. The fraction of sp³-hybridized carbons (Fsp3) is 0.150. The third-order valence-electron chi connectivity index (χ3n) is 3.74. The van der Waals surface area contributed by atoms with Crippen LogP contribution in [0, 0.1) is 0 Å². The van der Waals surface area contributed by atoms with Crippen LogP contribution in [0.3, 0.4) is 0 Å². The van der Waals surface area contributed by atoms with E-state index in [2.05, 4.69) is 12.1 Å². The third-order valence-corrected chi connectivity index (χ3v) is 3.74. The smallest absolute Gasteiger partial charge is 0.281 e. The molecule has 0 aromatic heterocycles. The molecule has 0 radical (unpaired) electrons. The van der Waals surface area contributed by atoms with Crippen molar-refractivity contribution >= 4 is 5.97 Å². The average Bonchev–Trinajstić information content (AvgIpc) is 3.28. The quantitative estimate of drug-likeness (QED) is 0.396. The van der Waals surface area contributed by atoms with Crippen molar-refractivity contribution in [1.29, 1.82) is 0 Å². The van der Waals surface area contributed by atoms with Crippen LogP contribution in [0.15, 0.2) is 78.9 Å². The molecule has 2 nitrogen and oxygen atoms in total. The predicted octanol–water partition coefficient (Wildman–Crippen LogP) is 4.13. The summed E-state index contributed by atoms with van der Waals surface area (Å²) in [5, 5.41) is 0. The number of ether oxygens (including phenoxy) is 1. The molecule has 3 heteroatoms. The fourth-order valence-electron chi connectivity index (χ4n) is 2.65. The monoisotopic (exact) mass is 346 g/mol. The molecule has 0 atom stereocenters. The van der Waals surface area contributed by atoms with Crippen LogP contribution in [-0.2, 0) is 34.6 Å². The molecule has 0 saturated carbocycles. The Morgan fingerprint density at radius 2 is 1.52 bits per heavy atom. The molecule has 0 aliphatic heterocycles. The van der Waals surface area contributed by atoms with Gasteiger partial charge in [-0.25, -0.2) is 24.3 Å². The first-order chi connectivity index (χ1) is 10.8. The number of rotatable bonds is 2. The molecule has 1 aliphatic rings. The Hall–Kier alpha value is -2.09. The summed E-state index contributed by atoms with van der Waals surface area (Å²) in [6.07, 6.45) is 1.67. The average molecular weight is 346 g/mol. The van der Waals surface area contributed by atoms with Gasteiger partial charge in [0.2, 0.25) is 0 Å². The Labute approximate surface area is 147 Å². The third kappa shape index (κ3) is 4.69. The maximum absolute atomic E-state index is 11.8. The van der Waals surface area contributed by atoms with E-state index in [1.165, 1.54) is 11.1 Å². The van der Waals surface area contributed by atoms with Crippen molar-refractivity contribution in [1.82, 2.24) is 0 Å². The van der Waals surface area contributed by atoms with Crippen molar-refractivity contribution in [3.8, 4) is 0 Å². The molecule has 1 aliphatic carbocycles. The van der Waals surface area contributed by atoms with Crippen molar-refractivity contribution in [2.75, 3.05) is 0 Å². The first-order valence-corrected chi connectivity index (χ1v) is 7.49. The van der Waals surface area contributed by atoms with E-state index < -0.39 is 0 Å². The van der Waals surface area contributed by atoms with Crippen molar-refractivity contribution in [2.45, 2.75) is 18.9 Å². The van der Waals surface area contributed by atoms with Gasteiger partial charge in [0.25, 0.3) is 5.97 Å². The summed E-state index contributed by atoms with van der Waals surface area (Å²) in [5.74, 6) is -0.215. The van der Waals surface area contributed by atoms with Crippen LogP contribution in [0.2, 0.25) is 0 Å². The Morgan fingerprint density at radius 1 is 0.957 bits per heavy atom. The van der Waals surface area contributed by atoms with E-state index in [1.807, 2.05) is 54.6 Å². The summed E-state index contributed by atoms with van der Waals surface area (Å²) < 4.78 is 5.50. The van der Waals surface area contributed by atoms with Gasteiger partial charge in [-0.1, -0.05) is 29.8 Å². The number of esters is 1. The van der Waals surface area contributed by atoms with Gasteiger partial charge in [-0.3, -0.25) is 4.79 Å². The molecule has 0 spiro atoms. The number of carbonyl (C=O) groups excluding carboxylic acids is 1. The molecule has 0 saturated heterocycles. The van der Waals surface area contributed by atoms with Gasteiger partial charge in [0, 0.05) is 29.9 Å². The van der Waals surface area contributed by atoms with Gasteiger partial charge in [0.1, 0.15) is 6.10 Å². The SMILES string of the molecule is O=C(OC1Cc2ccccc2C1)[c-]1cccc1.[Fe].c1cc[cH-]c1. The van der Waals surface area contributed by atoms with Crippen molar-refractivity contribution in [3.63, 3.8) is 0 Å². The molecule has 0 N–H and O–H groups in total. The second-order valence-corrected chi connectivity index (χ2v) is 5.34. The second-order valence-electron chi connectivity index (χ2n) is 5.34. The summed E-state index contributed by atoms with van der Waals surface area (Å²) in [6, 6.07) is 25.5. The van der Waals surface area contributed by atoms with E-state index in [4.69, 9.17) is 4.74 Å². The number of carbonyl (C=O) groups is 1. The first-order valence-electron chi connectivity index (χ1n) is 7.49. The Balaban J connectivity index is 0.000000276. The van der Waals surface area contributed by atoms with Crippen LogP contribution in [0.5, 0.6) is 0 Å². The summed E-state index contributed by atoms with van der Waals surface area (Å²) in [7, 11) is 0. The molecule has 3 aromatic rings. The standard InChI is InChI=1S/C15H13O2.C5H5.Fe/c16-15(11-5-1-2-6-11)17-14-9-12-7-3-4-8-13(12)10-14;1-2-4-5-3-1;/h1-8,14H,9-10H2;1-5H;/q2*-1;. The van der Waals surface area contributed by atoms with Crippen molar-refractivity contribution in [3.05, 3.63) is 95.6 Å². The minimum atomic E-state index is -0.215. The van der Waals surface area contributed by atoms with Crippen LogP contribution >= 0.6 is 0 Å². The molecule has 0 heterocycles. The van der Waals surface area contributed by atoms with E-state index in [1.54, 1.807) is 12.1 Å². The molecule has 4 rings (SSSR count). The second kappa shape index (κ2) is 8.52.